The first kappa shape index (κ1) is 15.4. The average Bonchev–Trinajstić information content (AvgIpc) is 3.12. The highest BCUT2D eigenvalue weighted by atomic mass is 32.2. The standard InChI is InChI=1S/C18H12O4S2/c1-21-9-5-3-7-11-13(9)15(19)17(23-11)18-16(20)14-10(22-2)6-4-8-12(14)24-18/h3-8H,1-2H3/b18-17+. The number of ketones is 2. The Balaban J connectivity index is 1.84. The van der Waals surface area contributed by atoms with Crippen LogP contribution in [-0.4, -0.2) is 25.8 Å². The van der Waals surface area contributed by atoms with Crippen LogP contribution in [0.3, 0.4) is 0 Å². The highest BCUT2D eigenvalue weighted by Gasteiger charge is 2.38. The van der Waals surface area contributed by atoms with Crippen LogP contribution in [0.4, 0.5) is 0 Å². The number of benzene rings is 2. The summed E-state index contributed by atoms with van der Waals surface area (Å²) in [5, 5.41) is 0. The molecule has 0 aromatic heterocycles. The Morgan fingerprint density at radius 3 is 1.50 bits per heavy atom. The Hall–Kier alpha value is -2.18. The van der Waals surface area contributed by atoms with E-state index >= 15 is 0 Å². The second-order valence-corrected chi connectivity index (χ2v) is 7.29. The number of hydrogen-bond donors (Lipinski definition) is 0. The number of Topliss-reactive ketones (excluding diaryl/α,β-unsaturated/α-hetero) is 2. The van der Waals surface area contributed by atoms with Gasteiger partial charge in [0.2, 0.25) is 11.6 Å². The second-order valence-electron chi connectivity index (χ2n) is 5.19. The van der Waals surface area contributed by atoms with Crippen molar-refractivity contribution in [1.29, 1.82) is 0 Å². The van der Waals surface area contributed by atoms with Crippen LogP contribution in [0, 0.1) is 0 Å². The van der Waals surface area contributed by atoms with Crippen molar-refractivity contribution in [1.82, 2.24) is 0 Å². The van der Waals surface area contributed by atoms with E-state index in [2.05, 4.69) is 0 Å². The molecule has 0 bridgehead atoms. The molecule has 2 aromatic rings. The topological polar surface area (TPSA) is 52.6 Å². The van der Waals surface area contributed by atoms with E-state index in [0.29, 0.717) is 32.4 Å². The molecule has 4 nitrogen and oxygen atoms in total. The van der Waals surface area contributed by atoms with Gasteiger partial charge in [-0.2, -0.15) is 0 Å². The minimum Gasteiger partial charge on any atom is -0.496 e. The maximum absolute atomic E-state index is 12.9. The van der Waals surface area contributed by atoms with E-state index < -0.39 is 0 Å². The number of thioether (sulfide) groups is 2. The van der Waals surface area contributed by atoms with Gasteiger partial charge < -0.3 is 9.47 Å². The Morgan fingerprint density at radius 1 is 0.708 bits per heavy atom. The van der Waals surface area contributed by atoms with Crippen molar-refractivity contribution in [2.24, 2.45) is 0 Å². The summed E-state index contributed by atoms with van der Waals surface area (Å²) in [5.74, 6) is 0.752. The lowest BCUT2D eigenvalue weighted by atomic mass is 10.1. The molecule has 0 radical (unpaired) electrons. The number of carbonyl (C=O) groups is 2. The van der Waals surface area contributed by atoms with Crippen LogP contribution in [0.2, 0.25) is 0 Å². The summed E-state index contributed by atoms with van der Waals surface area (Å²) in [6.45, 7) is 0. The zero-order valence-corrected chi connectivity index (χ0v) is 14.5. The molecule has 0 unspecified atom stereocenters. The van der Waals surface area contributed by atoms with Crippen LogP contribution in [0.25, 0.3) is 0 Å². The summed E-state index contributed by atoms with van der Waals surface area (Å²) < 4.78 is 10.6. The van der Waals surface area contributed by atoms with Crippen molar-refractivity contribution in [3.8, 4) is 11.5 Å². The van der Waals surface area contributed by atoms with Gasteiger partial charge in [0.25, 0.3) is 0 Å². The van der Waals surface area contributed by atoms with Crippen LogP contribution in [0.1, 0.15) is 20.7 Å². The fraction of sp³-hybridized carbons (Fsp3) is 0.111. The molecule has 0 spiro atoms. The molecular weight excluding hydrogens is 344 g/mol. The Morgan fingerprint density at radius 2 is 1.12 bits per heavy atom. The van der Waals surface area contributed by atoms with Crippen molar-refractivity contribution >= 4 is 35.1 Å². The van der Waals surface area contributed by atoms with Gasteiger partial charge in [0.15, 0.2) is 0 Å². The summed E-state index contributed by atoms with van der Waals surface area (Å²) in [6.07, 6.45) is 0. The maximum atomic E-state index is 12.9. The molecule has 4 rings (SSSR count). The lowest BCUT2D eigenvalue weighted by Gasteiger charge is -2.04. The fourth-order valence-corrected chi connectivity index (χ4v) is 5.15. The van der Waals surface area contributed by atoms with E-state index in [-0.39, 0.29) is 11.6 Å². The molecule has 120 valence electrons. The van der Waals surface area contributed by atoms with Gasteiger partial charge in [-0.15, -0.1) is 0 Å². The third-order valence-electron chi connectivity index (χ3n) is 3.91. The molecule has 0 amide bonds. The van der Waals surface area contributed by atoms with E-state index in [1.54, 1.807) is 12.1 Å². The van der Waals surface area contributed by atoms with Crippen molar-refractivity contribution in [3.05, 3.63) is 57.3 Å². The number of allylic oxidation sites excluding steroid dienone is 2. The van der Waals surface area contributed by atoms with Gasteiger partial charge in [0, 0.05) is 9.79 Å². The van der Waals surface area contributed by atoms with Gasteiger partial charge in [-0.05, 0) is 24.3 Å². The van der Waals surface area contributed by atoms with Crippen molar-refractivity contribution < 1.29 is 19.1 Å². The van der Waals surface area contributed by atoms with Crippen LogP contribution in [0.15, 0.2) is 56.0 Å². The molecule has 2 aliphatic heterocycles. The fourth-order valence-electron chi connectivity index (χ4n) is 2.82. The molecule has 0 saturated heterocycles. The van der Waals surface area contributed by atoms with Gasteiger partial charge >= 0.3 is 0 Å². The first-order valence-corrected chi connectivity index (χ1v) is 8.82. The molecule has 2 heterocycles. The van der Waals surface area contributed by atoms with Gasteiger partial charge in [-0.25, -0.2) is 0 Å². The van der Waals surface area contributed by atoms with E-state index in [4.69, 9.17) is 9.47 Å². The minimum absolute atomic E-state index is 0.157. The average molecular weight is 356 g/mol. The van der Waals surface area contributed by atoms with Crippen LogP contribution in [-0.2, 0) is 0 Å². The zero-order valence-electron chi connectivity index (χ0n) is 12.9. The van der Waals surface area contributed by atoms with Gasteiger partial charge in [0.1, 0.15) is 11.5 Å². The molecular formula is C18H12O4S2. The van der Waals surface area contributed by atoms with E-state index in [0.717, 1.165) is 9.79 Å². The molecule has 0 N–H and O–H groups in total. The quantitative estimate of drug-likeness (QED) is 0.752. The molecule has 0 atom stereocenters. The molecule has 24 heavy (non-hydrogen) atoms. The number of methoxy groups -OCH3 is 2. The Labute approximate surface area is 147 Å². The normalized spacial score (nSPS) is 18.6. The van der Waals surface area contributed by atoms with Crippen LogP contribution >= 0.6 is 23.5 Å². The van der Waals surface area contributed by atoms with E-state index in [9.17, 15) is 9.59 Å². The summed E-state index contributed by atoms with van der Waals surface area (Å²) in [5.41, 5.74) is 1.06. The molecule has 0 aliphatic carbocycles. The lowest BCUT2D eigenvalue weighted by molar-refractivity contribution is 0.101. The maximum Gasteiger partial charge on any atom is 0.205 e. The number of ether oxygens (including phenoxy) is 2. The summed E-state index contributed by atoms with van der Waals surface area (Å²) in [6, 6.07) is 10.9. The SMILES string of the molecule is COc1cccc2c1C(=O)/C(=C1\Sc3cccc(OC)c3C1=O)S2. The summed E-state index contributed by atoms with van der Waals surface area (Å²) in [4.78, 5) is 28.3. The Kier molecular flexibility index (Phi) is 3.66. The third-order valence-corrected chi connectivity index (χ3v) is 6.35. The number of fused-ring (bicyclic) bond motifs is 2. The summed E-state index contributed by atoms with van der Waals surface area (Å²) in [7, 11) is 3.07. The predicted octanol–water partition coefficient (Wildman–Crippen LogP) is 4.19. The van der Waals surface area contributed by atoms with Gasteiger partial charge in [-0.3, -0.25) is 9.59 Å². The lowest BCUT2D eigenvalue weighted by Crippen LogP contribution is -2.04. The van der Waals surface area contributed by atoms with Crippen molar-refractivity contribution in [2.45, 2.75) is 9.79 Å². The summed E-state index contributed by atoms with van der Waals surface area (Å²) >= 11 is 2.65. The van der Waals surface area contributed by atoms with Crippen LogP contribution < -0.4 is 9.47 Å². The number of hydrogen-bond acceptors (Lipinski definition) is 6. The van der Waals surface area contributed by atoms with E-state index in [1.165, 1.54) is 37.7 Å². The largest absolute Gasteiger partial charge is 0.496 e. The monoisotopic (exact) mass is 356 g/mol. The van der Waals surface area contributed by atoms with Crippen LogP contribution in [0.5, 0.6) is 11.5 Å². The number of rotatable bonds is 2. The van der Waals surface area contributed by atoms with E-state index in [1.807, 2.05) is 24.3 Å². The first-order valence-electron chi connectivity index (χ1n) is 7.19. The molecule has 0 fully saturated rings. The van der Waals surface area contributed by atoms with Gasteiger partial charge in [0.05, 0.1) is 35.2 Å². The van der Waals surface area contributed by atoms with Crippen molar-refractivity contribution in [2.75, 3.05) is 14.2 Å². The van der Waals surface area contributed by atoms with Crippen molar-refractivity contribution in [3.63, 3.8) is 0 Å². The molecule has 6 heteroatoms. The second kappa shape index (κ2) is 5.72. The molecule has 0 saturated carbocycles. The third kappa shape index (κ3) is 2.10. The number of carbonyl (C=O) groups excluding carboxylic acids is 2. The first-order chi connectivity index (χ1) is 11.7. The minimum atomic E-state index is -0.157. The highest BCUT2D eigenvalue weighted by Crippen LogP contribution is 2.52. The van der Waals surface area contributed by atoms with Gasteiger partial charge in [-0.1, -0.05) is 35.7 Å². The zero-order chi connectivity index (χ0) is 16.8. The molecule has 2 aromatic carbocycles. The highest BCUT2D eigenvalue weighted by molar-refractivity contribution is 8.08. The molecule has 2 aliphatic rings. The predicted molar refractivity (Wildman–Crippen MR) is 93.4 cm³/mol. The Bertz CT molecular complexity index is 855. The smallest absolute Gasteiger partial charge is 0.205 e.